The van der Waals surface area contributed by atoms with Crippen LogP contribution in [-0.2, 0) is 24.2 Å². The number of hydrogen-bond donors (Lipinski definition) is 2. The fourth-order valence-electron chi connectivity index (χ4n) is 3.20. The van der Waals surface area contributed by atoms with Gasteiger partial charge in [0.25, 0.3) is 0 Å². The summed E-state index contributed by atoms with van der Waals surface area (Å²) in [7, 11) is 0. The third-order valence-corrected chi connectivity index (χ3v) is 5.99. The highest BCUT2D eigenvalue weighted by molar-refractivity contribution is 14.0. The monoisotopic (exact) mass is 546 g/mol. The first-order valence-electron chi connectivity index (χ1n) is 9.75. The molecule has 0 saturated heterocycles. The fraction of sp³-hybridized carbons (Fsp3) is 0.429. The lowest BCUT2D eigenvalue weighted by atomic mass is 10.1. The Morgan fingerprint density at radius 1 is 1.24 bits per heavy atom. The van der Waals surface area contributed by atoms with Crippen molar-refractivity contribution in [3.05, 3.63) is 56.7 Å². The molecule has 5 nitrogen and oxygen atoms in total. The fourth-order valence-corrected chi connectivity index (χ4v) is 4.22. The molecule has 3 rings (SSSR count). The van der Waals surface area contributed by atoms with Crippen molar-refractivity contribution in [1.82, 2.24) is 15.5 Å². The van der Waals surface area contributed by atoms with E-state index in [9.17, 15) is 4.79 Å². The Bertz CT molecular complexity index is 809. The maximum Gasteiger partial charge on any atom is 0.224 e. The van der Waals surface area contributed by atoms with Crippen molar-refractivity contribution in [2.75, 3.05) is 26.2 Å². The van der Waals surface area contributed by atoms with Gasteiger partial charge in [0.1, 0.15) is 0 Å². The SMILES string of the molecule is CCNC(=NCCC(=O)N1CCc2sccc2C1)NCCc1ccc(Cl)cc1.I. The van der Waals surface area contributed by atoms with Crippen LogP contribution in [0, 0.1) is 0 Å². The number of guanidine groups is 1. The zero-order valence-electron chi connectivity index (χ0n) is 16.6. The number of carbonyl (C=O) groups is 1. The molecule has 0 bridgehead atoms. The van der Waals surface area contributed by atoms with E-state index in [1.165, 1.54) is 16.0 Å². The van der Waals surface area contributed by atoms with Crippen LogP contribution in [0.5, 0.6) is 0 Å². The number of carbonyl (C=O) groups excluding carboxylic acids is 1. The minimum absolute atomic E-state index is 0. The standard InChI is InChI=1S/C21H27ClN4OS.HI/c1-2-23-21(24-11-7-16-3-5-18(22)6-4-16)25-12-8-20(27)26-13-9-19-17(15-26)10-14-28-19;/h3-6,10,14H,2,7-9,11-13,15H2,1H3,(H2,23,24,25);1H. The minimum atomic E-state index is 0. The molecule has 0 aliphatic carbocycles. The molecule has 1 aromatic carbocycles. The van der Waals surface area contributed by atoms with Crippen molar-refractivity contribution < 1.29 is 4.79 Å². The summed E-state index contributed by atoms with van der Waals surface area (Å²) in [6.45, 7) is 5.63. The van der Waals surface area contributed by atoms with E-state index in [2.05, 4.69) is 27.1 Å². The number of hydrogen-bond acceptors (Lipinski definition) is 3. The second-order valence-electron chi connectivity index (χ2n) is 6.75. The van der Waals surface area contributed by atoms with Crippen LogP contribution in [0.2, 0.25) is 5.02 Å². The Labute approximate surface area is 199 Å². The summed E-state index contributed by atoms with van der Waals surface area (Å²) in [6.07, 6.45) is 2.29. The van der Waals surface area contributed by atoms with Gasteiger partial charge in [-0.25, -0.2) is 0 Å². The largest absolute Gasteiger partial charge is 0.357 e. The number of nitrogens with zero attached hydrogens (tertiary/aromatic N) is 2. The Hall–Kier alpha value is -1.32. The molecule has 1 aliphatic rings. The quantitative estimate of drug-likeness (QED) is 0.312. The molecule has 8 heteroatoms. The first-order chi connectivity index (χ1) is 13.7. The molecule has 1 aliphatic heterocycles. The maximum absolute atomic E-state index is 12.5. The number of halogens is 2. The van der Waals surface area contributed by atoms with Crippen LogP contribution in [0.4, 0.5) is 0 Å². The molecule has 29 heavy (non-hydrogen) atoms. The Morgan fingerprint density at radius 3 is 2.79 bits per heavy atom. The number of benzene rings is 1. The van der Waals surface area contributed by atoms with Crippen LogP contribution >= 0.6 is 46.9 Å². The Kier molecular flexibility index (Phi) is 10.2. The number of amides is 1. The zero-order chi connectivity index (χ0) is 19.8. The molecule has 1 amide bonds. The third-order valence-electron chi connectivity index (χ3n) is 4.72. The van der Waals surface area contributed by atoms with E-state index in [0.717, 1.165) is 50.0 Å². The smallest absolute Gasteiger partial charge is 0.224 e. The van der Waals surface area contributed by atoms with Gasteiger partial charge in [-0.2, -0.15) is 0 Å². The number of rotatable bonds is 7. The van der Waals surface area contributed by atoms with Crippen molar-refractivity contribution in [1.29, 1.82) is 0 Å². The van der Waals surface area contributed by atoms with Crippen LogP contribution in [0.15, 0.2) is 40.7 Å². The van der Waals surface area contributed by atoms with Gasteiger partial charge in [-0.05, 0) is 54.5 Å². The predicted molar refractivity (Wildman–Crippen MR) is 133 cm³/mol. The van der Waals surface area contributed by atoms with Gasteiger partial charge in [-0.15, -0.1) is 35.3 Å². The summed E-state index contributed by atoms with van der Waals surface area (Å²) in [6, 6.07) is 10.0. The minimum Gasteiger partial charge on any atom is -0.357 e. The third kappa shape index (κ3) is 7.46. The van der Waals surface area contributed by atoms with E-state index in [1.807, 2.05) is 36.1 Å². The van der Waals surface area contributed by atoms with Gasteiger partial charge in [0.2, 0.25) is 5.91 Å². The Balaban J connectivity index is 0.00000300. The van der Waals surface area contributed by atoms with Gasteiger partial charge in [-0.1, -0.05) is 23.7 Å². The summed E-state index contributed by atoms with van der Waals surface area (Å²) in [4.78, 5) is 20.4. The maximum atomic E-state index is 12.5. The molecule has 0 unspecified atom stereocenters. The normalized spacial score (nSPS) is 13.4. The second kappa shape index (κ2) is 12.4. The van der Waals surface area contributed by atoms with E-state index < -0.39 is 0 Å². The summed E-state index contributed by atoms with van der Waals surface area (Å²) < 4.78 is 0. The number of fused-ring (bicyclic) bond motifs is 1. The molecular formula is C21H28ClIN4OS. The van der Waals surface area contributed by atoms with Crippen molar-refractivity contribution in [3.8, 4) is 0 Å². The lowest BCUT2D eigenvalue weighted by molar-refractivity contribution is -0.131. The van der Waals surface area contributed by atoms with Gasteiger partial charge < -0.3 is 15.5 Å². The Morgan fingerprint density at radius 2 is 2.03 bits per heavy atom. The topological polar surface area (TPSA) is 56.7 Å². The van der Waals surface area contributed by atoms with Crippen LogP contribution < -0.4 is 10.6 Å². The van der Waals surface area contributed by atoms with E-state index in [-0.39, 0.29) is 29.9 Å². The van der Waals surface area contributed by atoms with Crippen LogP contribution in [0.1, 0.15) is 29.3 Å². The van der Waals surface area contributed by atoms with Crippen molar-refractivity contribution in [3.63, 3.8) is 0 Å². The van der Waals surface area contributed by atoms with Crippen molar-refractivity contribution >= 4 is 58.8 Å². The number of thiophene rings is 1. The van der Waals surface area contributed by atoms with Gasteiger partial charge in [0, 0.05) is 42.5 Å². The average molecular weight is 547 g/mol. The van der Waals surface area contributed by atoms with Crippen molar-refractivity contribution in [2.45, 2.75) is 32.7 Å². The highest BCUT2D eigenvalue weighted by atomic mass is 127. The molecule has 0 radical (unpaired) electrons. The molecule has 0 fully saturated rings. The number of nitrogens with one attached hydrogen (secondary N) is 2. The molecule has 1 aromatic heterocycles. The zero-order valence-corrected chi connectivity index (χ0v) is 20.5. The van der Waals surface area contributed by atoms with Gasteiger partial charge in [-0.3, -0.25) is 9.79 Å². The lowest BCUT2D eigenvalue weighted by Gasteiger charge is -2.26. The van der Waals surface area contributed by atoms with Gasteiger partial charge >= 0.3 is 0 Å². The molecule has 2 aromatic rings. The predicted octanol–water partition coefficient (Wildman–Crippen LogP) is 4.09. The van der Waals surface area contributed by atoms with Crippen molar-refractivity contribution in [2.24, 2.45) is 4.99 Å². The second-order valence-corrected chi connectivity index (χ2v) is 8.19. The van der Waals surface area contributed by atoms with Gasteiger partial charge in [0.05, 0.1) is 6.54 Å². The molecule has 0 spiro atoms. The number of aliphatic imine (C=N–C) groups is 1. The van der Waals surface area contributed by atoms with E-state index in [4.69, 9.17) is 11.6 Å². The van der Waals surface area contributed by atoms with Crippen LogP contribution in [0.25, 0.3) is 0 Å². The highest BCUT2D eigenvalue weighted by Crippen LogP contribution is 2.24. The van der Waals surface area contributed by atoms with Crippen LogP contribution in [0.3, 0.4) is 0 Å². The lowest BCUT2D eigenvalue weighted by Crippen LogP contribution is -2.39. The van der Waals surface area contributed by atoms with E-state index >= 15 is 0 Å². The molecule has 0 saturated carbocycles. The van der Waals surface area contributed by atoms with E-state index in [0.29, 0.717) is 13.0 Å². The van der Waals surface area contributed by atoms with E-state index in [1.54, 1.807) is 11.3 Å². The highest BCUT2D eigenvalue weighted by Gasteiger charge is 2.20. The molecule has 158 valence electrons. The average Bonchev–Trinajstić information content (AvgIpc) is 3.17. The molecule has 0 atom stereocenters. The van der Waals surface area contributed by atoms with Crippen LogP contribution in [-0.4, -0.2) is 42.9 Å². The summed E-state index contributed by atoms with van der Waals surface area (Å²) in [5.41, 5.74) is 2.52. The summed E-state index contributed by atoms with van der Waals surface area (Å²) >= 11 is 7.71. The first kappa shape index (κ1) is 24.0. The molecular weight excluding hydrogens is 519 g/mol. The first-order valence-corrected chi connectivity index (χ1v) is 11.0. The summed E-state index contributed by atoms with van der Waals surface area (Å²) in [5, 5.41) is 9.43. The molecule has 2 N–H and O–H groups in total. The van der Waals surface area contributed by atoms with Gasteiger partial charge in [0.15, 0.2) is 5.96 Å². The summed E-state index contributed by atoms with van der Waals surface area (Å²) in [5.74, 6) is 0.931. The molecule has 2 heterocycles.